The summed E-state index contributed by atoms with van der Waals surface area (Å²) in [6, 6.07) is 16.2. The number of carbonyl (C=O) groups is 2. The summed E-state index contributed by atoms with van der Waals surface area (Å²) in [4.78, 5) is 29.7. The van der Waals surface area contributed by atoms with Crippen LogP contribution in [0.5, 0.6) is 0 Å². The number of ketones is 1. The second-order valence-corrected chi connectivity index (χ2v) is 10.2. The van der Waals surface area contributed by atoms with E-state index in [1.165, 1.54) is 10.5 Å². The molecule has 2 N–H and O–H groups in total. The van der Waals surface area contributed by atoms with Gasteiger partial charge in [-0.1, -0.05) is 30.3 Å². The van der Waals surface area contributed by atoms with Crippen LogP contribution in [0.15, 0.2) is 53.4 Å². The molecule has 32 heavy (non-hydrogen) atoms. The lowest BCUT2D eigenvalue weighted by atomic mass is 9.94. The molecule has 0 saturated carbocycles. The molecule has 2 atom stereocenters. The number of anilines is 1. The Balaban J connectivity index is 1.67. The first-order valence-electron chi connectivity index (χ1n) is 11.3. The molecule has 3 rings (SSSR count). The van der Waals surface area contributed by atoms with Crippen LogP contribution in [0.2, 0.25) is 0 Å². The quantitative estimate of drug-likeness (QED) is 0.341. The second kappa shape index (κ2) is 12.4. The number of nitrogens with two attached hydrogens (primary N) is 1. The van der Waals surface area contributed by atoms with Crippen LogP contribution in [-0.2, 0) is 16.0 Å². The van der Waals surface area contributed by atoms with Gasteiger partial charge in [-0.3, -0.25) is 9.59 Å². The number of nitrogens with zero attached hydrogens (tertiary/aromatic N) is 1. The number of Topliss-reactive ketones (excluding diaryl/α,β-unsaturated/α-hetero) is 1. The SMILES string of the molecule is CSCCC(CC(=O)CCc1ccc(N)cc1)C(=O)N1CCCC1c1ccccc1SC. The average Bonchev–Trinajstić information content (AvgIpc) is 3.30. The summed E-state index contributed by atoms with van der Waals surface area (Å²) in [5.74, 6) is 0.977. The third kappa shape index (κ3) is 6.55. The fourth-order valence-corrected chi connectivity index (χ4v) is 5.62. The maximum absolute atomic E-state index is 13.6. The van der Waals surface area contributed by atoms with E-state index in [1.54, 1.807) is 23.5 Å². The molecule has 0 aliphatic carbocycles. The standard InChI is InChI=1S/C26H34N2O2S2/c1-31-17-15-20(18-22(29)14-11-19-9-12-21(27)13-10-19)26(30)28-16-5-7-24(28)23-6-3-4-8-25(23)32-2/h3-4,6,8-10,12-13,20,24H,5,7,11,14-18,27H2,1-2H3. The number of carbonyl (C=O) groups excluding carboxylic acids is 2. The first kappa shape index (κ1) is 24.7. The molecule has 1 heterocycles. The van der Waals surface area contributed by atoms with Gasteiger partial charge in [0, 0.05) is 35.9 Å². The Morgan fingerprint density at radius 1 is 1.12 bits per heavy atom. The van der Waals surface area contributed by atoms with Gasteiger partial charge in [-0.15, -0.1) is 11.8 Å². The molecule has 0 radical (unpaired) electrons. The molecule has 172 valence electrons. The highest BCUT2D eigenvalue weighted by Gasteiger charge is 2.35. The second-order valence-electron chi connectivity index (χ2n) is 8.39. The number of hydrogen-bond donors (Lipinski definition) is 1. The minimum atomic E-state index is -0.233. The molecule has 1 aliphatic rings. The fraction of sp³-hybridized carbons (Fsp3) is 0.462. The lowest BCUT2D eigenvalue weighted by Gasteiger charge is -2.30. The van der Waals surface area contributed by atoms with Gasteiger partial charge in [-0.25, -0.2) is 0 Å². The van der Waals surface area contributed by atoms with Crippen LogP contribution in [0.25, 0.3) is 0 Å². The van der Waals surface area contributed by atoms with E-state index in [-0.39, 0.29) is 23.7 Å². The maximum atomic E-state index is 13.6. The van der Waals surface area contributed by atoms with Gasteiger partial charge in [0.1, 0.15) is 5.78 Å². The van der Waals surface area contributed by atoms with Crippen molar-refractivity contribution in [2.45, 2.75) is 49.5 Å². The number of amides is 1. The van der Waals surface area contributed by atoms with Gasteiger partial charge in [-0.05, 0) is 73.3 Å². The monoisotopic (exact) mass is 470 g/mol. The van der Waals surface area contributed by atoms with Gasteiger partial charge >= 0.3 is 0 Å². The van der Waals surface area contributed by atoms with Crippen molar-refractivity contribution < 1.29 is 9.59 Å². The predicted molar refractivity (Wildman–Crippen MR) is 137 cm³/mol. The lowest BCUT2D eigenvalue weighted by Crippen LogP contribution is -2.37. The Kier molecular flexibility index (Phi) is 9.54. The molecule has 0 aromatic heterocycles. The molecule has 1 saturated heterocycles. The van der Waals surface area contributed by atoms with Crippen LogP contribution in [0.4, 0.5) is 5.69 Å². The van der Waals surface area contributed by atoms with Gasteiger partial charge in [-0.2, -0.15) is 11.8 Å². The molecule has 1 fully saturated rings. The molecule has 0 spiro atoms. The highest BCUT2D eigenvalue weighted by atomic mass is 32.2. The van der Waals surface area contributed by atoms with Crippen molar-refractivity contribution in [2.75, 3.05) is 30.5 Å². The van der Waals surface area contributed by atoms with E-state index in [9.17, 15) is 9.59 Å². The molecular formula is C26H34N2O2S2. The van der Waals surface area contributed by atoms with Crippen molar-refractivity contribution in [3.63, 3.8) is 0 Å². The van der Waals surface area contributed by atoms with Crippen LogP contribution in [0.3, 0.4) is 0 Å². The molecular weight excluding hydrogens is 436 g/mol. The zero-order valence-corrected chi connectivity index (χ0v) is 20.7. The van der Waals surface area contributed by atoms with Crippen LogP contribution in [0, 0.1) is 5.92 Å². The summed E-state index contributed by atoms with van der Waals surface area (Å²) in [5.41, 5.74) is 8.82. The first-order valence-corrected chi connectivity index (χ1v) is 13.9. The molecule has 1 amide bonds. The van der Waals surface area contributed by atoms with E-state index in [2.05, 4.69) is 36.8 Å². The highest BCUT2D eigenvalue weighted by molar-refractivity contribution is 7.98. The van der Waals surface area contributed by atoms with E-state index in [0.29, 0.717) is 19.3 Å². The number of thioether (sulfide) groups is 2. The van der Waals surface area contributed by atoms with E-state index >= 15 is 0 Å². The normalized spacial score (nSPS) is 16.8. The lowest BCUT2D eigenvalue weighted by molar-refractivity contribution is -0.139. The van der Waals surface area contributed by atoms with Gasteiger partial charge in [0.25, 0.3) is 0 Å². The summed E-state index contributed by atoms with van der Waals surface area (Å²) < 4.78 is 0. The zero-order valence-electron chi connectivity index (χ0n) is 19.1. The summed E-state index contributed by atoms with van der Waals surface area (Å²) in [6.07, 6.45) is 8.38. The number of nitrogen functional groups attached to an aromatic ring is 1. The Labute approximate surface area is 200 Å². The van der Waals surface area contributed by atoms with Crippen LogP contribution in [0.1, 0.15) is 49.3 Å². The maximum Gasteiger partial charge on any atom is 0.226 e. The van der Waals surface area contributed by atoms with Gasteiger partial charge in [0.2, 0.25) is 5.91 Å². The van der Waals surface area contributed by atoms with Crippen LogP contribution in [-0.4, -0.2) is 41.4 Å². The van der Waals surface area contributed by atoms with Crippen LogP contribution < -0.4 is 5.73 Å². The Hall–Kier alpha value is -1.92. The summed E-state index contributed by atoms with van der Waals surface area (Å²) >= 11 is 3.47. The van der Waals surface area contributed by atoms with E-state index in [4.69, 9.17) is 5.73 Å². The van der Waals surface area contributed by atoms with Crippen molar-refractivity contribution in [1.82, 2.24) is 4.90 Å². The van der Waals surface area contributed by atoms with E-state index in [1.807, 2.05) is 29.2 Å². The number of benzene rings is 2. The topological polar surface area (TPSA) is 63.4 Å². The van der Waals surface area contributed by atoms with Crippen molar-refractivity contribution >= 4 is 40.9 Å². The molecule has 2 unspecified atom stereocenters. The first-order chi connectivity index (χ1) is 15.5. The van der Waals surface area contributed by atoms with Gasteiger partial charge < -0.3 is 10.6 Å². The van der Waals surface area contributed by atoms with E-state index in [0.717, 1.165) is 42.8 Å². The highest BCUT2D eigenvalue weighted by Crippen LogP contribution is 2.38. The minimum absolute atomic E-state index is 0.118. The minimum Gasteiger partial charge on any atom is -0.399 e. The van der Waals surface area contributed by atoms with Gasteiger partial charge in [0.15, 0.2) is 0 Å². The number of likely N-dealkylation sites (tertiary alicyclic amines) is 1. The molecule has 1 aliphatic heterocycles. The molecule has 6 heteroatoms. The number of rotatable bonds is 11. The van der Waals surface area contributed by atoms with Crippen LogP contribution >= 0.6 is 23.5 Å². The fourth-order valence-electron chi connectivity index (χ4n) is 4.45. The summed E-state index contributed by atoms with van der Waals surface area (Å²) in [6.45, 7) is 0.779. The zero-order chi connectivity index (χ0) is 22.9. The molecule has 2 aromatic rings. The average molecular weight is 471 g/mol. The third-order valence-corrected chi connectivity index (χ3v) is 7.66. The third-order valence-electron chi connectivity index (χ3n) is 6.20. The molecule has 2 aromatic carbocycles. The number of hydrogen-bond acceptors (Lipinski definition) is 5. The summed E-state index contributed by atoms with van der Waals surface area (Å²) in [5, 5.41) is 0. The van der Waals surface area contributed by atoms with Crippen molar-refractivity contribution in [1.29, 1.82) is 0 Å². The van der Waals surface area contributed by atoms with Crippen molar-refractivity contribution in [2.24, 2.45) is 5.92 Å². The summed E-state index contributed by atoms with van der Waals surface area (Å²) in [7, 11) is 0. The molecule has 0 bridgehead atoms. The Bertz CT molecular complexity index is 901. The predicted octanol–water partition coefficient (Wildman–Crippen LogP) is 5.62. The van der Waals surface area contributed by atoms with Crippen molar-refractivity contribution in [3.05, 3.63) is 59.7 Å². The van der Waals surface area contributed by atoms with E-state index < -0.39 is 0 Å². The Morgan fingerprint density at radius 3 is 2.59 bits per heavy atom. The largest absolute Gasteiger partial charge is 0.399 e. The van der Waals surface area contributed by atoms with Crippen molar-refractivity contribution in [3.8, 4) is 0 Å². The number of aryl methyl sites for hydroxylation is 1. The smallest absolute Gasteiger partial charge is 0.226 e. The molecule has 4 nitrogen and oxygen atoms in total. The van der Waals surface area contributed by atoms with Gasteiger partial charge in [0.05, 0.1) is 6.04 Å². The Morgan fingerprint density at radius 2 is 1.88 bits per heavy atom.